The van der Waals surface area contributed by atoms with Crippen molar-refractivity contribution in [3.8, 4) is 17.1 Å². The van der Waals surface area contributed by atoms with Gasteiger partial charge in [-0.15, -0.1) is 16.8 Å². The maximum Gasteiger partial charge on any atom is 0.230 e. The molecule has 0 saturated heterocycles. The van der Waals surface area contributed by atoms with Crippen LogP contribution in [0.2, 0.25) is 0 Å². The number of rotatable bonds is 10. The number of amides is 1. The second kappa shape index (κ2) is 10.5. The van der Waals surface area contributed by atoms with Crippen molar-refractivity contribution in [1.29, 1.82) is 0 Å². The Morgan fingerprint density at radius 1 is 1.17 bits per heavy atom. The monoisotopic (exact) mass is 408 g/mol. The highest BCUT2D eigenvalue weighted by Crippen LogP contribution is 2.31. The molecule has 0 atom stereocenters. The molecule has 1 N–H and O–H groups in total. The fraction of sp³-hybridized carbons (Fsp3) is 0.227. The standard InChI is InChI=1S/C22H24N4O2S/c1-3-14-23-20(27)16-29-22-25-24-21(18-11-7-8-12-19(18)28-2)26(22)15-13-17-9-5-4-6-10-17/h3-12H,1,13-16H2,2H3,(H,23,27). The van der Waals surface area contributed by atoms with Crippen LogP contribution in [0.25, 0.3) is 11.4 Å². The number of ether oxygens (including phenoxy) is 1. The fourth-order valence-corrected chi connectivity index (χ4v) is 3.67. The van der Waals surface area contributed by atoms with Gasteiger partial charge in [0.1, 0.15) is 5.75 Å². The second-order valence-electron chi connectivity index (χ2n) is 6.28. The first-order valence-corrected chi connectivity index (χ1v) is 10.3. The molecule has 0 spiro atoms. The number of para-hydroxylation sites is 1. The van der Waals surface area contributed by atoms with Gasteiger partial charge < -0.3 is 14.6 Å². The van der Waals surface area contributed by atoms with Gasteiger partial charge in [-0.3, -0.25) is 4.79 Å². The molecule has 3 rings (SSSR count). The molecule has 0 unspecified atom stereocenters. The lowest BCUT2D eigenvalue weighted by Crippen LogP contribution is -2.25. The fourth-order valence-electron chi connectivity index (χ4n) is 2.88. The number of carbonyl (C=O) groups excluding carboxylic acids is 1. The predicted molar refractivity (Wildman–Crippen MR) is 116 cm³/mol. The zero-order chi connectivity index (χ0) is 20.5. The van der Waals surface area contributed by atoms with Crippen LogP contribution in [0.5, 0.6) is 5.75 Å². The van der Waals surface area contributed by atoms with Crippen LogP contribution in [-0.4, -0.2) is 40.1 Å². The molecule has 7 heteroatoms. The first kappa shape index (κ1) is 20.7. The van der Waals surface area contributed by atoms with Gasteiger partial charge in [0.2, 0.25) is 5.91 Å². The van der Waals surface area contributed by atoms with Crippen molar-refractivity contribution < 1.29 is 9.53 Å². The molecule has 1 heterocycles. The lowest BCUT2D eigenvalue weighted by atomic mass is 10.1. The maximum atomic E-state index is 12.0. The van der Waals surface area contributed by atoms with Crippen molar-refractivity contribution >= 4 is 17.7 Å². The molecule has 0 saturated carbocycles. The summed E-state index contributed by atoms with van der Waals surface area (Å²) >= 11 is 1.37. The van der Waals surface area contributed by atoms with Crippen LogP contribution in [0.15, 0.2) is 72.4 Å². The summed E-state index contributed by atoms with van der Waals surface area (Å²) in [6.45, 7) is 4.76. The zero-order valence-electron chi connectivity index (χ0n) is 16.4. The van der Waals surface area contributed by atoms with Crippen LogP contribution in [0.4, 0.5) is 0 Å². The van der Waals surface area contributed by atoms with E-state index in [9.17, 15) is 4.79 Å². The van der Waals surface area contributed by atoms with Gasteiger partial charge in [-0.2, -0.15) is 0 Å². The SMILES string of the molecule is C=CCNC(=O)CSc1nnc(-c2ccccc2OC)n1CCc1ccccc1. The first-order valence-electron chi connectivity index (χ1n) is 9.34. The van der Waals surface area contributed by atoms with Crippen molar-refractivity contribution in [2.24, 2.45) is 0 Å². The van der Waals surface area contributed by atoms with Gasteiger partial charge in [-0.1, -0.05) is 60.3 Å². The van der Waals surface area contributed by atoms with E-state index in [1.807, 2.05) is 42.5 Å². The molecule has 0 fully saturated rings. The van der Waals surface area contributed by atoms with E-state index in [1.54, 1.807) is 13.2 Å². The Balaban J connectivity index is 1.86. The molecule has 6 nitrogen and oxygen atoms in total. The smallest absolute Gasteiger partial charge is 0.230 e. The molecule has 0 bridgehead atoms. The summed E-state index contributed by atoms with van der Waals surface area (Å²) in [4.78, 5) is 12.0. The minimum atomic E-state index is -0.0636. The van der Waals surface area contributed by atoms with E-state index in [0.29, 0.717) is 18.2 Å². The summed E-state index contributed by atoms with van der Waals surface area (Å²) in [5.74, 6) is 1.67. The van der Waals surface area contributed by atoms with Gasteiger partial charge in [-0.25, -0.2) is 0 Å². The van der Waals surface area contributed by atoms with Gasteiger partial charge >= 0.3 is 0 Å². The number of nitrogens with zero attached hydrogens (tertiary/aromatic N) is 3. The topological polar surface area (TPSA) is 69.0 Å². The Morgan fingerprint density at radius 2 is 1.93 bits per heavy atom. The molecular weight excluding hydrogens is 384 g/mol. The normalized spacial score (nSPS) is 10.5. The van der Waals surface area contributed by atoms with Crippen molar-refractivity contribution in [1.82, 2.24) is 20.1 Å². The minimum absolute atomic E-state index is 0.0636. The molecular formula is C22H24N4O2S. The number of aromatic nitrogens is 3. The Kier molecular flexibility index (Phi) is 7.47. The molecule has 0 aliphatic carbocycles. The number of aryl methyl sites for hydroxylation is 1. The average Bonchev–Trinajstić information content (AvgIpc) is 3.18. The van der Waals surface area contributed by atoms with E-state index in [4.69, 9.17) is 4.74 Å². The van der Waals surface area contributed by atoms with Crippen LogP contribution >= 0.6 is 11.8 Å². The molecule has 1 aromatic heterocycles. The number of hydrogen-bond acceptors (Lipinski definition) is 5. The van der Waals surface area contributed by atoms with Gasteiger partial charge in [0.25, 0.3) is 0 Å². The molecule has 0 aliphatic heterocycles. The largest absolute Gasteiger partial charge is 0.496 e. The van der Waals surface area contributed by atoms with Crippen molar-refractivity contribution in [3.63, 3.8) is 0 Å². The van der Waals surface area contributed by atoms with Crippen LogP contribution in [0.1, 0.15) is 5.56 Å². The third-order valence-corrected chi connectivity index (χ3v) is 5.27. The van der Waals surface area contributed by atoms with E-state index in [-0.39, 0.29) is 11.7 Å². The molecule has 29 heavy (non-hydrogen) atoms. The summed E-state index contributed by atoms with van der Waals surface area (Å²) in [5, 5.41) is 12.2. The lowest BCUT2D eigenvalue weighted by molar-refractivity contribution is -0.118. The number of hydrogen-bond donors (Lipinski definition) is 1. The highest BCUT2D eigenvalue weighted by molar-refractivity contribution is 7.99. The molecule has 2 aromatic carbocycles. The van der Waals surface area contributed by atoms with Crippen LogP contribution in [0.3, 0.4) is 0 Å². The third-order valence-electron chi connectivity index (χ3n) is 4.31. The van der Waals surface area contributed by atoms with E-state index >= 15 is 0 Å². The zero-order valence-corrected chi connectivity index (χ0v) is 17.2. The minimum Gasteiger partial charge on any atom is -0.496 e. The van der Waals surface area contributed by atoms with Crippen LogP contribution < -0.4 is 10.1 Å². The maximum absolute atomic E-state index is 12.0. The van der Waals surface area contributed by atoms with Crippen molar-refractivity contribution in [2.75, 3.05) is 19.4 Å². The number of thioether (sulfide) groups is 1. The van der Waals surface area contributed by atoms with E-state index < -0.39 is 0 Å². The summed E-state index contributed by atoms with van der Waals surface area (Å²) in [7, 11) is 1.64. The first-order chi connectivity index (χ1) is 14.2. The Bertz CT molecular complexity index is 956. The lowest BCUT2D eigenvalue weighted by Gasteiger charge is -2.12. The number of methoxy groups -OCH3 is 1. The number of nitrogens with one attached hydrogen (secondary N) is 1. The summed E-state index contributed by atoms with van der Waals surface area (Å²) in [6, 6.07) is 18.0. The average molecular weight is 409 g/mol. The molecule has 0 radical (unpaired) electrons. The van der Waals surface area contributed by atoms with Gasteiger partial charge in [0.05, 0.1) is 18.4 Å². The molecule has 1 amide bonds. The molecule has 0 aliphatic rings. The summed E-state index contributed by atoms with van der Waals surface area (Å²) in [5.41, 5.74) is 2.10. The highest BCUT2D eigenvalue weighted by Gasteiger charge is 2.18. The summed E-state index contributed by atoms with van der Waals surface area (Å²) < 4.78 is 7.56. The van der Waals surface area contributed by atoms with Gasteiger partial charge in [-0.05, 0) is 24.1 Å². The van der Waals surface area contributed by atoms with Crippen LogP contribution in [0, 0.1) is 0 Å². The van der Waals surface area contributed by atoms with Crippen molar-refractivity contribution in [3.05, 3.63) is 72.8 Å². The van der Waals surface area contributed by atoms with E-state index in [2.05, 4.69) is 38.8 Å². The quantitative estimate of drug-likeness (QED) is 0.410. The molecule has 150 valence electrons. The number of benzene rings is 2. The van der Waals surface area contributed by atoms with Gasteiger partial charge in [0.15, 0.2) is 11.0 Å². The Hall–Kier alpha value is -3.06. The second-order valence-corrected chi connectivity index (χ2v) is 7.22. The predicted octanol–water partition coefficient (Wildman–Crippen LogP) is 3.59. The highest BCUT2D eigenvalue weighted by atomic mass is 32.2. The Labute approximate surface area is 175 Å². The van der Waals surface area contributed by atoms with Crippen LogP contribution in [-0.2, 0) is 17.8 Å². The summed E-state index contributed by atoms with van der Waals surface area (Å²) in [6.07, 6.45) is 2.49. The number of carbonyl (C=O) groups is 1. The van der Waals surface area contributed by atoms with Crippen molar-refractivity contribution in [2.45, 2.75) is 18.1 Å². The van der Waals surface area contributed by atoms with Gasteiger partial charge in [0, 0.05) is 13.1 Å². The third kappa shape index (κ3) is 5.48. The van der Waals surface area contributed by atoms with E-state index in [0.717, 1.165) is 23.6 Å². The van der Waals surface area contributed by atoms with E-state index in [1.165, 1.54) is 17.3 Å². The Morgan fingerprint density at radius 3 is 2.69 bits per heavy atom. The molecule has 3 aromatic rings.